The summed E-state index contributed by atoms with van der Waals surface area (Å²) in [5.74, 6) is 0.522. The van der Waals surface area contributed by atoms with Gasteiger partial charge < -0.3 is 31.5 Å². The van der Waals surface area contributed by atoms with Gasteiger partial charge >= 0.3 is 0 Å². The molecule has 7 N–H and O–H groups in total. The molecule has 0 bridgehead atoms. The van der Waals surface area contributed by atoms with Crippen LogP contribution in [0, 0.1) is 0 Å². The van der Waals surface area contributed by atoms with E-state index < -0.39 is 31.1 Å². The number of nitrogens with zero attached hydrogens (tertiary/aromatic N) is 3. The third kappa shape index (κ3) is 1.72. The van der Waals surface area contributed by atoms with Gasteiger partial charge in [-0.05, 0) is 6.07 Å². The van der Waals surface area contributed by atoms with E-state index in [9.17, 15) is 10.2 Å². The molecule has 1 fully saturated rings. The Morgan fingerprint density at radius 3 is 2.65 bits per heavy atom. The summed E-state index contributed by atoms with van der Waals surface area (Å²) in [7, 11) is 0. The lowest BCUT2D eigenvalue weighted by molar-refractivity contribution is -0.0498. The molecule has 1 aliphatic heterocycles. The Morgan fingerprint density at radius 2 is 2.00 bits per heavy atom. The van der Waals surface area contributed by atoms with Crippen LogP contribution in [0.25, 0.3) is 11.0 Å². The molecule has 0 saturated carbocycles. The molecule has 1 saturated heterocycles. The van der Waals surface area contributed by atoms with Gasteiger partial charge in [0.25, 0.3) is 0 Å². The number of nitrogen functional groups attached to an aromatic ring is 2. The van der Waals surface area contributed by atoms with E-state index in [1.54, 1.807) is 6.07 Å². The van der Waals surface area contributed by atoms with Crippen molar-refractivity contribution in [2.75, 3.05) is 18.1 Å². The third-order valence-corrected chi connectivity index (χ3v) is 3.46. The predicted molar refractivity (Wildman–Crippen MR) is 69.4 cm³/mol. The van der Waals surface area contributed by atoms with Crippen molar-refractivity contribution in [3.63, 3.8) is 0 Å². The number of hydrogen-bond donors (Lipinski definition) is 5. The van der Waals surface area contributed by atoms with Crippen molar-refractivity contribution in [1.29, 1.82) is 0 Å². The maximum absolute atomic E-state index is 10.0. The lowest BCUT2D eigenvalue weighted by Crippen LogP contribution is -2.33. The van der Waals surface area contributed by atoms with E-state index in [1.165, 1.54) is 10.9 Å². The summed E-state index contributed by atoms with van der Waals surface area (Å²) in [4.78, 5) is 7.93. The zero-order valence-corrected chi connectivity index (χ0v) is 10.4. The summed E-state index contributed by atoms with van der Waals surface area (Å²) in [5.41, 5.74) is 12.0. The van der Waals surface area contributed by atoms with Gasteiger partial charge in [-0.25, -0.2) is 9.97 Å². The van der Waals surface area contributed by atoms with Crippen molar-refractivity contribution in [3.8, 4) is 0 Å². The van der Waals surface area contributed by atoms with Crippen molar-refractivity contribution in [2.45, 2.75) is 24.5 Å². The first-order chi connectivity index (χ1) is 9.54. The normalized spacial score (nSPS) is 30.1. The van der Waals surface area contributed by atoms with Crippen LogP contribution in [-0.2, 0) is 4.74 Å². The molecule has 0 aromatic carbocycles. The number of fused-ring (bicyclic) bond motifs is 1. The van der Waals surface area contributed by atoms with Crippen molar-refractivity contribution >= 4 is 22.7 Å². The first-order valence-electron chi connectivity index (χ1n) is 6.04. The second-order valence-corrected chi connectivity index (χ2v) is 4.66. The van der Waals surface area contributed by atoms with Crippen LogP contribution in [0.15, 0.2) is 12.4 Å². The molecule has 0 spiro atoms. The Morgan fingerprint density at radius 1 is 1.25 bits per heavy atom. The maximum atomic E-state index is 10.0. The van der Waals surface area contributed by atoms with Crippen molar-refractivity contribution < 1.29 is 20.1 Å². The molecule has 2 aromatic rings. The van der Waals surface area contributed by atoms with Gasteiger partial charge in [0.05, 0.1) is 12.0 Å². The minimum Gasteiger partial charge on any atom is -0.394 e. The van der Waals surface area contributed by atoms with E-state index in [4.69, 9.17) is 21.3 Å². The Kier molecular flexibility index (Phi) is 2.98. The quantitative estimate of drug-likeness (QED) is 0.432. The van der Waals surface area contributed by atoms with Gasteiger partial charge in [-0.3, -0.25) is 4.57 Å². The average Bonchev–Trinajstić information content (AvgIpc) is 2.90. The number of hydrogen-bond acceptors (Lipinski definition) is 8. The van der Waals surface area contributed by atoms with Crippen molar-refractivity contribution in [1.82, 2.24) is 14.5 Å². The molecule has 3 rings (SSSR count). The Balaban J connectivity index is 2.11. The number of rotatable bonds is 2. The minimum atomic E-state index is -1.23. The molecule has 3 heterocycles. The maximum Gasteiger partial charge on any atom is 0.166 e. The van der Waals surface area contributed by atoms with Gasteiger partial charge in [0.15, 0.2) is 6.23 Å². The van der Waals surface area contributed by atoms with E-state index in [0.717, 1.165) is 0 Å². The highest BCUT2D eigenvalue weighted by Gasteiger charge is 2.44. The first-order valence-corrected chi connectivity index (χ1v) is 6.04. The highest BCUT2D eigenvalue weighted by atomic mass is 16.6. The molecular formula is C11H15N5O4. The fraction of sp³-hybridized carbons (Fsp3) is 0.455. The molecule has 1 aliphatic rings. The standard InChI is InChI=1S/C11H15N5O4/c12-6-1-4-9(13)14-3-15-10(4)16(6)11-8(19)7(18)5(2-17)20-11/h1,3,5,7-8,11,17-19H,2,12H2,(H2,13,14,15)/t5-,7-,8-,11-/m1/s1. The summed E-state index contributed by atoms with van der Waals surface area (Å²) in [5, 5.41) is 29.5. The zero-order valence-electron chi connectivity index (χ0n) is 10.4. The topological polar surface area (TPSA) is 153 Å². The molecule has 20 heavy (non-hydrogen) atoms. The summed E-state index contributed by atoms with van der Waals surface area (Å²) in [6, 6.07) is 1.57. The van der Waals surface area contributed by atoms with E-state index in [1.807, 2.05) is 0 Å². The van der Waals surface area contributed by atoms with Crippen LogP contribution < -0.4 is 11.5 Å². The van der Waals surface area contributed by atoms with Gasteiger partial charge in [-0.15, -0.1) is 0 Å². The molecular weight excluding hydrogens is 266 g/mol. The van der Waals surface area contributed by atoms with Gasteiger partial charge in [-0.1, -0.05) is 0 Å². The Bertz CT molecular complexity index is 645. The van der Waals surface area contributed by atoms with Gasteiger partial charge in [0.2, 0.25) is 0 Å². The van der Waals surface area contributed by atoms with Gasteiger partial charge in [0, 0.05) is 0 Å². The molecule has 0 aliphatic carbocycles. The van der Waals surface area contributed by atoms with E-state index >= 15 is 0 Å². The van der Waals surface area contributed by atoms with Crippen LogP contribution in [0.2, 0.25) is 0 Å². The van der Waals surface area contributed by atoms with Crippen molar-refractivity contribution in [3.05, 3.63) is 12.4 Å². The SMILES string of the molecule is Nc1ncnc2c1cc(N)n2[C@@H]1O[C@H](CO)[C@@H](O)[C@H]1O. The molecule has 9 heteroatoms. The van der Waals surface area contributed by atoms with Crippen LogP contribution in [0.4, 0.5) is 11.6 Å². The average molecular weight is 281 g/mol. The lowest BCUT2D eigenvalue weighted by Gasteiger charge is -2.18. The van der Waals surface area contributed by atoms with E-state index in [2.05, 4.69) is 9.97 Å². The number of aliphatic hydroxyl groups is 3. The highest BCUT2D eigenvalue weighted by molar-refractivity contribution is 5.89. The second kappa shape index (κ2) is 4.56. The predicted octanol–water partition coefficient (Wildman–Crippen LogP) is -1.79. The molecule has 9 nitrogen and oxygen atoms in total. The zero-order chi connectivity index (χ0) is 14.4. The molecule has 0 radical (unpaired) electrons. The van der Waals surface area contributed by atoms with Gasteiger partial charge in [0.1, 0.15) is 41.9 Å². The first kappa shape index (κ1) is 13.1. The summed E-state index contributed by atoms with van der Waals surface area (Å²) in [6.45, 7) is -0.412. The van der Waals surface area contributed by atoms with Crippen LogP contribution in [0.3, 0.4) is 0 Å². The van der Waals surface area contributed by atoms with Gasteiger partial charge in [-0.2, -0.15) is 0 Å². The summed E-state index contributed by atoms with van der Waals surface area (Å²) in [6.07, 6.45) is -3.00. The number of ether oxygens (including phenoxy) is 1. The van der Waals surface area contributed by atoms with Crippen LogP contribution >= 0.6 is 0 Å². The summed E-state index contributed by atoms with van der Waals surface area (Å²) < 4.78 is 6.87. The molecule has 4 atom stereocenters. The Labute approximate surface area is 113 Å². The smallest absolute Gasteiger partial charge is 0.166 e. The Hall–Kier alpha value is -1.94. The monoisotopic (exact) mass is 281 g/mol. The molecule has 0 unspecified atom stereocenters. The fourth-order valence-corrected chi connectivity index (χ4v) is 2.43. The lowest BCUT2D eigenvalue weighted by atomic mass is 10.1. The molecule has 0 amide bonds. The third-order valence-electron chi connectivity index (χ3n) is 3.46. The largest absolute Gasteiger partial charge is 0.394 e. The van der Waals surface area contributed by atoms with Crippen LogP contribution in [-0.4, -0.2) is 54.8 Å². The van der Waals surface area contributed by atoms with Crippen LogP contribution in [0.5, 0.6) is 0 Å². The van der Waals surface area contributed by atoms with E-state index in [-0.39, 0.29) is 11.6 Å². The minimum absolute atomic E-state index is 0.257. The highest BCUT2D eigenvalue weighted by Crippen LogP contribution is 2.35. The van der Waals surface area contributed by atoms with Crippen LogP contribution in [0.1, 0.15) is 6.23 Å². The number of nitrogens with two attached hydrogens (primary N) is 2. The second-order valence-electron chi connectivity index (χ2n) is 4.66. The van der Waals surface area contributed by atoms with Crippen molar-refractivity contribution in [2.24, 2.45) is 0 Å². The fourth-order valence-electron chi connectivity index (χ4n) is 2.43. The number of anilines is 2. The number of aliphatic hydroxyl groups excluding tert-OH is 3. The summed E-state index contributed by atoms with van der Waals surface area (Å²) >= 11 is 0. The van der Waals surface area contributed by atoms with E-state index in [0.29, 0.717) is 11.0 Å². The number of aromatic nitrogens is 3. The molecule has 108 valence electrons. The molecule has 2 aromatic heterocycles.